The van der Waals surface area contributed by atoms with E-state index in [4.69, 9.17) is 18.3 Å². The highest BCUT2D eigenvalue weighted by Crippen LogP contribution is 2.61. The van der Waals surface area contributed by atoms with E-state index in [1.54, 1.807) is 4.98 Å². The van der Waals surface area contributed by atoms with Crippen molar-refractivity contribution in [2.45, 2.75) is 50.4 Å². The molecule has 27 heavy (non-hydrogen) atoms. The number of fused-ring (bicyclic) bond motifs is 1. The molecular formula is C13H16F3N2O8P. The van der Waals surface area contributed by atoms with E-state index in [0.717, 1.165) is 0 Å². The third-order valence-electron chi connectivity index (χ3n) is 4.02. The molecule has 1 aromatic heterocycles. The smallest absolute Gasteiger partial charge is 0.386 e. The molecule has 2 aliphatic heterocycles. The topological polar surface area (TPSA) is 129 Å². The molecule has 0 bridgehead atoms. The van der Waals surface area contributed by atoms with E-state index in [2.05, 4.69) is 0 Å². The molecule has 2 aliphatic rings. The van der Waals surface area contributed by atoms with Crippen LogP contribution in [0.2, 0.25) is 0 Å². The first kappa shape index (κ1) is 20.2. The van der Waals surface area contributed by atoms with E-state index < -0.39 is 68.1 Å². The van der Waals surface area contributed by atoms with Gasteiger partial charge < -0.3 is 9.84 Å². The van der Waals surface area contributed by atoms with Crippen LogP contribution in [0.1, 0.15) is 20.1 Å². The van der Waals surface area contributed by atoms with Gasteiger partial charge in [-0.15, -0.1) is 0 Å². The number of aliphatic hydroxyl groups is 1. The highest BCUT2D eigenvalue weighted by molar-refractivity contribution is 7.48. The summed E-state index contributed by atoms with van der Waals surface area (Å²) < 4.78 is 73.8. The monoisotopic (exact) mass is 416 g/mol. The minimum Gasteiger partial charge on any atom is -0.386 e. The number of nitrogens with one attached hydrogen (secondary N) is 1. The van der Waals surface area contributed by atoms with Gasteiger partial charge >= 0.3 is 13.5 Å². The Bertz CT molecular complexity index is 889. The molecule has 3 heterocycles. The molecular weight excluding hydrogens is 400 g/mol. The van der Waals surface area contributed by atoms with Crippen LogP contribution >= 0.6 is 7.82 Å². The molecule has 0 radical (unpaired) electrons. The third-order valence-corrected chi connectivity index (χ3v) is 5.63. The van der Waals surface area contributed by atoms with E-state index in [1.165, 1.54) is 13.8 Å². The van der Waals surface area contributed by atoms with Gasteiger partial charge in [0.05, 0.1) is 18.9 Å². The predicted octanol–water partition coefficient (Wildman–Crippen LogP) is 0.518. The van der Waals surface area contributed by atoms with Crippen LogP contribution in [0.4, 0.5) is 13.2 Å². The Balaban J connectivity index is 2.01. The molecule has 152 valence electrons. The maximum atomic E-state index is 13.7. The fourth-order valence-corrected chi connectivity index (χ4v) is 4.47. The molecule has 0 aliphatic carbocycles. The number of aromatic amines is 1. The number of H-pyrrole nitrogens is 1. The lowest BCUT2D eigenvalue weighted by Crippen LogP contribution is -2.56. The summed E-state index contributed by atoms with van der Waals surface area (Å²) in [5.41, 5.74) is -5.14. The number of hydrogen-bond donors (Lipinski definition) is 2. The number of phosphoric acid groups is 1. The van der Waals surface area contributed by atoms with Crippen molar-refractivity contribution in [3.63, 3.8) is 0 Å². The van der Waals surface area contributed by atoms with Crippen molar-refractivity contribution in [2.75, 3.05) is 6.61 Å². The van der Waals surface area contributed by atoms with Crippen LogP contribution in [0, 0.1) is 5.82 Å². The minimum atomic E-state index is -4.30. The van der Waals surface area contributed by atoms with Crippen LogP contribution < -0.4 is 11.2 Å². The molecule has 1 aromatic rings. The molecule has 0 saturated carbocycles. The zero-order valence-electron chi connectivity index (χ0n) is 14.0. The van der Waals surface area contributed by atoms with Gasteiger partial charge in [0.2, 0.25) is 5.82 Å². The van der Waals surface area contributed by atoms with Crippen LogP contribution in [0.15, 0.2) is 15.8 Å². The second kappa shape index (κ2) is 6.83. The molecule has 5 atom stereocenters. The summed E-state index contributed by atoms with van der Waals surface area (Å²) in [6.45, 7) is 2.01. The number of phosphoric ester groups is 1. The van der Waals surface area contributed by atoms with E-state index >= 15 is 0 Å². The first-order chi connectivity index (χ1) is 12.5. The summed E-state index contributed by atoms with van der Waals surface area (Å²) >= 11 is 0. The lowest BCUT2D eigenvalue weighted by atomic mass is 9.96. The van der Waals surface area contributed by atoms with Crippen molar-refractivity contribution in [3.8, 4) is 0 Å². The Labute approximate surface area is 149 Å². The SMILES string of the molecule is CC(C)OP1(=O)OC[C@@]2(C(F)F)O[C@@H](n3cc(F)c(=O)[nH]c3=O)[C@H](O)[C@H]2O1. The summed E-state index contributed by atoms with van der Waals surface area (Å²) in [5.74, 6) is -1.41. The Hall–Kier alpha value is -1.50. The van der Waals surface area contributed by atoms with Crippen molar-refractivity contribution in [1.29, 1.82) is 0 Å². The number of hydrogen-bond acceptors (Lipinski definition) is 8. The van der Waals surface area contributed by atoms with Gasteiger partial charge in [0.15, 0.2) is 11.8 Å². The van der Waals surface area contributed by atoms with Gasteiger partial charge in [-0.05, 0) is 13.8 Å². The molecule has 3 rings (SSSR count). The van der Waals surface area contributed by atoms with Gasteiger partial charge in [-0.2, -0.15) is 4.39 Å². The highest BCUT2D eigenvalue weighted by atomic mass is 31.2. The number of ether oxygens (including phenoxy) is 1. The molecule has 0 amide bonds. The molecule has 2 saturated heterocycles. The Morgan fingerprint density at radius 1 is 1.44 bits per heavy atom. The van der Waals surface area contributed by atoms with Crippen molar-refractivity contribution < 1.29 is 41.2 Å². The maximum absolute atomic E-state index is 13.7. The van der Waals surface area contributed by atoms with E-state index in [0.29, 0.717) is 10.8 Å². The standard InChI is InChI=1S/C13H16F3N2O8P/c1-5(2)25-27(22)23-4-13(11(15)16)8(26-27)7(19)10(24-13)18-3-6(14)9(20)17-12(18)21/h3,5,7-8,10-11,19H,4H2,1-2H3,(H,17,20,21)/t7-,8-,10-,13-,27?/m1/s1. The van der Waals surface area contributed by atoms with Crippen LogP contribution in [-0.4, -0.2) is 51.6 Å². The normalized spacial score (nSPS) is 36.4. The van der Waals surface area contributed by atoms with E-state index in [-0.39, 0.29) is 0 Å². The number of aromatic nitrogens is 2. The van der Waals surface area contributed by atoms with Crippen molar-refractivity contribution >= 4 is 7.82 Å². The molecule has 10 nitrogen and oxygen atoms in total. The first-order valence-corrected chi connectivity index (χ1v) is 9.21. The predicted molar refractivity (Wildman–Crippen MR) is 80.8 cm³/mol. The number of rotatable bonds is 4. The number of nitrogens with zero attached hydrogens (tertiary/aromatic N) is 1. The van der Waals surface area contributed by atoms with Gasteiger partial charge in [0, 0.05) is 0 Å². The average molecular weight is 416 g/mol. The fraction of sp³-hybridized carbons (Fsp3) is 0.692. The fourth-order valence-electron chi connectivity index (χ4n) is 2.84. The third kappa shape index (κ3) is 3.39. The van der Waals surface area contributed by atoms with Gasteiger partial charge in [0.1, 0.15) is 12.2 Å². The van der Waals surface area contributed by atoms with Crippen LogP contribution in [0.5, 0.6) is 0 Å². The summed E-state index contributed by atoms with van der Waals surface area (Å²) in [6, 6.07) is 0. The average Bonchev–Trinajstić information content (AvgIpc) is 2.84. The molecule has 0 spiro atoms. The Kier molecular flexibility index (Phi) is 5.12. The highest BCUT2D eigenvalue weighted by Gasteiger charge is 2.67. The van der Waals surface area contributed by atoms with Gasteiger partial charge in [-0.1, -0.05) is 0 Å². The Morgan fingerprint density at radius 3 is 2.70 bits per heavy atom. The molecule has 0 aromatic carbocycles. The van der Waals surface area contributed by atoms with Crippen LogP contribution in [0.25, 0.3) is 0 Å². The van der Waals surface area contributed by atoms with Crippen LogP contribution in [0.3, 0.4) is 0 Å². The summed E-state index contributed by atoms with van der Waals surface area (Å²) in [6.07, 6.45) is -9.30. The first-order valence-electron chi connectivity index (χ1n) is 7.75. The lowest BCUT2D eigenvalue weighted by molar-refractivity contribution is -0.208. The summed E-state index contributed by atoms with van der Waals surface area (Å²) in [5, 5.41) is 10.4. The Morgan fingerprint density at radius 2 is 2.11 bits per heavy atom. The zero-order chi connectivity index (χ0) is 20.1. The van der Waals surface area contributed by atoms with Crippen molar-refractivity contribution in [2.24, 2.45) is 0 Å². The second-order valence-electron chi connectivity index (χ2n) is 6.30. The number of halogens is 3. The molecule has 2 fully saturated rings. The van der Waals surface area contributed by atoms with Gasteiger partial charge in [0.25, 0.3) is 12.0 Å². The number of alkyl halides is 2. The zero-order valence-corrected chi connectivity index (χ0v) is 14.9. The minimum absolute atomic E-state index is 0.390. The van der Waals surface area contributed by atoms with E-state index in [1.807, 2.05) is 0 Å². The second-order valence-corrected chi connectivity index (χ2v) is 7.87. The van der Waals surface area contributed by atoms with Gasteiger partial charge in [-0.3, -0.25) is 27.9 Å². The molecule has 14 heteroatoms. The lowest BCUT2D eigenvalue weighted by Gasteiger charge is -2.39. The van der Waals surface area contributed by atoms with Crippen molar-refractivity contribution in [3.05, 3.63) is 32.9 Å². The van der Waals surface area contributed by atoms with Crippen LogP contribution in [-0.2, 0) is 22.9 Å². The molecule has 1 unspecified atom stereocenters. The summed E-state index contributed by atoms with van der Waals surface area (Å²) in [4.78, 5) is 24.6. The largest absolute Gasteiger partial charge is 0.475 e. The number of aliphatic hydroxyl groups excluding tert-OH is 1. The summed E-state index contributed by atoms with van der Waals surface area (Å²) in [7, 11) is -4.30. The van der Waals surface area contributed by atoms with Gasteiger partial charge in [-0.25, -0.2) is 18.1 Å². The molecule has 2 N–H and O–H groups in total. The maximum Gasteiger partial charge on any atom is 0.475 e. The van der Waals surface area contributed by atoms with Crippen molar-refractivity contribution in [1.82, 2.24) is 9.55 Å². The quantitative estimate of drug-likeness (QED) is 0.680. The van der Waals surface area contributed by atoms with E-state index in [9.17, 15) is 32.4 Å².